The number of phenolic OH excluding ortho intramolecular Hbond substituents is 3. The molecule has 0 bridgehead atoms. The molecule has 0 atom stereocenters. The van der Waals surface area contributed by atoms with Crippen LogP contribution in [-0.4, -0.2) is 21.1 Å². The zero-order valence-electron chi connectivity index (χ0n) is 10.00. The molecular weight excluding hydrogens is 246 g/mol. The van der Waals surface area contributed by atoms with Crippen LogP contribution in [0.25, 0.3) is 0 Å². The fourth-order valence-corrected chi connectivity index (χ4v) is 1.86. The van der Waals surface area contributed by atoms with Gasteiger partial charge in [0.1, 0.15) is 22.8 Å². The first kappa shape index (κ1) is 12.8. The van der Waals surface area contributed by atoms with E-state index in [-0.39, 0.29) is 17.7 Å². The van der Waals surface area contributed by atoms with Crippen LogP contribution in [0.3, 0.4) is 0 Å². The van der Waals surface area contributed by atoms with Crippen LogP contribution in [0.4, 0.5) is 5.69 Å². The van der Waals surface area contributed by atoms with Crippen LogP contribution in [-0.2, 0) is 6.42 Å². The van der Waals surface area contributed by atoms with E-state index < -0.39 is 17.3 Å². The summed E-state index contributed by atoms with van der Waals surface area (Å²) in [4.78, 5) is 12.0. The Bertz CT molecular complexity index is 614. The molecule has 0 radical (unpaired) electrons. The van der Waals surface area contributed by atoms with Gasteiger partial charge in [-0.1, -0.05) is 12.1 Å². The van der Waals surface area contributed by atoms with Gasteiger partial charge < -0.3 is 21.1 Å². The van der Waals surface area contributed by atoms with Gasteiger partial charge in [0.2, 0.25) is 0 Å². The van der Waals surface area contributed by atoms with Crippen molar-refractivity contribution < 1.29 is 20.1 Å². The van der Waals surface area contributed by atoms with Crippen LogP contribution < -0.4 is 5.73 Å². The van der Waals surface area contributed by atoms with Crippen LogP contribution >= 0.6 is 0 Å². The summed E-state index contributed by atoms with van der Waals surface area (Å²) < 4.78 is 0. The van der Waals surface area contributed by atoms with E-state index in [2.05, 4.69) is 0 Å². The number of rotatable bonds is 3. The Hall–Kier alpha value is -2.69. The molecule has 0 fully saturated rings. The predicted molar refractivity (Wildman–Crippen MR) is 70.3 cm³/mol. The van der Waals surface area contributed by atoms with Crippen molar-refractivity contribution in [3.8, 4) is 17.2 Å². The maximum absolute atomic E-state index is 12.0. The lowest BCUT2D eigenvalue weighted by Gasteiger charge is -2.07. The second kappa shape index (κ2) is 4.89. The standard InChI is InChI=1S/C14H13NO4/c15-9-3-1-2-8(4-9)5-11(17)14-12(18)6-10(16)7-13(14)19/h1-4,6-7,16,18-19H,5,15H2. The summed E-state index contributed by atoms with van der Waals surface area (Å²) in [6, 6.07) is 8.80. The molecule has 5 heteroatoms. The summed E-state index contributed by atoms with van der Waals surface area (Å²) in [5.74, 6) is -1.67. The molecule has 2 aromatic rings. The highest BCUT2D eigenvalue weighted by Gasteiger charge is 2.18. The van der Waals surface area contributed by atoms with E-state index in [1.165, 1.54) is 0 Å². The van der Waals surface area contributed by atoms with E-state index in [1.54, 1.807) is 24.3 Å². The number of carbonyl (C=O) groups is 1. The van der Waals surface area contributed by atoms with E-state index in [9.17, 15) is 20.1 Å². The first-order chi connectivity index (χ1) is 8.97. The number of hydrogen-bond acceptors (Lipinski definition) is 5. The minimum absolute atomic E-state index is 0.00304. The molecule has 0 aromatic heterocycles. The largest absolute Gasteiger partial charge is 0.508 e. The predicted octanol–water partition coefficient (Wildman–Crippen LogP) is 1.81. The van der Waals surface area contributed by atoms with Crippen molar-refractivity contribution in [3.05, 3.63) is 47.5 Å². The molecule has 2 rings (SSSR count). The smallest absolute Gasteiger partial charge is 0.174 e. The van der Waals surface area contributed by atoms with Gasteiger partial charge in [-0.2, -0.15) is 0 Å². The SMILES string of the molecule is Nc1cccc(CC(=O)c2c(O)cc(O)cc2O)c1. The van der Waals surface area contributed by atoms with E-state index in [0.29, 0.717) is 11.3 Å². The summed E-state index contributed by atoms with van der Waals surface area (Å²) in [5, 5.41) is 28.4. The zero-order chi connectivity index (χ0) is 14.0. The van der Waals surface area contributed by atoms with Crippen LogP contribution in [0.2, 0.25) is 0 Å². The maximum atomic E-state index is 12.0. The highest BCUT2D eigenvalue weighted by molar-refractivity contribution is 6.02. The molecule has 0 aliphatic rings. The second-order valence-corrected chi connectivity index (χ2v) is 4.20. The number of carbonyl (C=O) groups excluding carboxylic acids is 1. The zero-order valence-corrected chi connectivity index (χ0v) is 10.00. The number of anilines is 1. The Labute approximate surface area is 109 Å². The van der Waals surface area contributed by atoms with Crippen LogP contribution in [0, 0.1) is 0 Å². The minimum Gasteiger partial charge on any atom is -0.508 e. The number of benzene rings is 2. The number of Topliss-reactive ketones (excluding diaryl/α,β-unsaturated/α-hetero) is 1. The van der Waals surface area contributed by atoms with Crippen molar-refractivity contribution in [2.24, 2.45) is 0 Å². The van der Waals surface area contributed by atoms with Crippen molar-refractivity contribution in [1.82, 2.24) is 0 Å². The van der Waals surface area contributed by atoms with Crippen molar-refractivity contribution in [3.63, 3.8) is 0 Å². The van der Waals surface area contributed by atoms with Gasteiger partial charge in [0.05, 0.1) is 0 Å². The van der Waals surface area contributed by atoms with Gasteiger partial charge in [0.25, 0.3) is 0 Å². The molecule has 0 aliphatic heterocycles. The Kier molecular flexibility index (Phi) is 3.29. The molecule has 0 saturated carbocycles. The van der Waals surface area contributed by atoms with Gasteiger partial charge in [-0.15, -0.1) is 0 Å². The quantitative estimate of drug-likeness (QED) is 0.497. The third-order valence-corrected chi connectivity index (χ3v) is 2.68. The Morgan fingerprint density at radius 3 is 2.26 bits per heavy atom. The van der Waals surface area contributed by atoms with Gasteiger partial charge >= 0.3 is 0 Å². The van der Waals surface area contributed by atoms with E-state index >= 15 is 0 Å². The highest BCUT2D eigenvalue weighted by atomic mass is 16.3. The lowest BCUT2D eigenvalue weighted by Crippen LogP contribution is -2.04. The van der Waals surface area contributed by atoms with Gasteiger partial charge in [0.15, 0.2) is 5.78 Å². The number of phenols is 3. The second-order valence-electron chi connectivity index (χ2n) is 4.20. The van der Waals surface area contributed by atoms with Crippen molar-refractivity contribution in [2.75, 3.05) is 5.73 Å². The first-order valence-corrected chi connectivity index (χ1v) is 5.60. The average molecular weight is 259 g/mol. The van der Waals surface area contributed by atoms with Gasteiger partial charge in [-0.3, -0.25) is 4.79 Å². The topological polar surface area (TPSA) is 104 Å². The summed E-state index contributed by atoms with van der Waals surface area (Å²) in [7, 11) is 0. The van der Waals surface area contributed by atoms with Gasteiger partial charge in [-0.05, 0) is 17.7 Å². The molecule has 2 aromatic carbocycles. The molecule has 0 saturated heterocycles. The normalized spacial score (nSPS) is 10.3. The third kappa shape index (κ3) is 2.77. The lowest BCUT2D eigenvalue weighted by atomic mass is 10.0. The molecule has 98 valence electrons. The maximum Gasteiger partial charge on any atom is 0.174 e. The summed E-state index contributed by atoms with van der Waals surface area (Å²) in [5.41, 5.74) is 6.61. The minimum atomic E-state index is -0.458. The first-order valence-electron chi connectivity index (χ1n) is 5.60. The number of aromatic hydroxyl groups is 3. The molecule has 0 unspecified atom stereocenters. The monoisotopic (exact) mass is 259 g/mol. The molecular formula is C14H13NO4. The van der Waals surface area contributed by atoms with Crippen molar-refractivity contribution in [2.45, 2.75) is 6.42 Å². The van der Waals surface area contributed by atoms with Crippen LogP contribution in [0.15, 0.2) is 36.4 Å². The molecule has 5 N–H and O–H groups in total. The van der Waals surface area contributed by atoms with E-state index in [0.717, 1.165) is 12.1 Å². The van der Waals surface area contributed by atoms with Crippen LogP contribution in [0.5, 0.6) is 17.2 Å². The Morgan fingerprint density at radius 1 is 1.05 bits per heavy atom. The van der Waals surface area contributed by atoms with Crippen molar-refractivity contribution in [1.29, 1.82) is 0 Å². The van der Waals surface area contributed by atoms with E-state index in [1.807, 2.05) is 0 Å². The average Bonchev–Trinajstić information content (AvgIpc) is 2.27. The van der Waals surface area contributed by atoms with Gasteiger partial charge in [-0.25, -0.2) is 0 Å². The number of ketones is 1. The summed E-state index contributed by atoms with van der Waals surface area (Å²) in [6.45, 7) is 0. The Morgan fingerprint density at radius 2 is 1.68 bits per heavy atom. The summed E-state index contributed by atoms with van der Waals surface area (Å²) >= 11 is 0. The molecule has 0 aliphatic carbocycles. The van der Waals surface area contributed by atoms with Crippen molar-refractivity contribution >= 4 is 11.5 Å². The Balaban J connectivity index is 2.31. The fraction of sp³-hybridized carbons (Fsp3) is 0.0714. The lowest BCUT2D eigenvalue weighted by molar-refractivity contribution is 0.0987. The number of nitrogens with two attached hydrogens (primary N) is 1. The number of hydrogen-bond donors (Lipinski definition) is 4. The summed E-state index contributed by atoms with van der Waals surface area (Å²) in [6.07, 6.45) is -0.00304. The molecule has 0 amide bonds. The van der Waals surface area contributed by atoms with E-state index in [4.69, 9.17) is 5.73 Å². The van der Waals surface area contributed by atoms with Crippen LogP contribution in [0.1, 0.15) is 15.9 Å². The molecule has 0 spiro atoms. The molecule has 5 nitrogen and oxygen atoms in total. The highest BCUT2D eigenvalue weighted by Crippen LogP contribution is 2.32. The number of nitrogen functional groups attached to an aromatic ring is 1. The molecule has 0 heterocycles. The fourth-order valence-electron chi connectivity index (χ4n) is 1.86. The molecule has 19 heavy (non-hydrogen) atoms. The third-order valence-electron chi connectivity index (χ3n) is 2.68. The van der Waals surface area contributed by atoms with Gasteiger partial charge in [0, 0.05) is 24.2 Å².